The molecule has 1 aliphatic heterocycles. The number of ether oxygens (including phenoxy) is 1. The Morgan fingerprint density at radius 2 is 1.96 bits per heavy atom. The third-order valence-electron chi connectivity index (χ3n) is 5.01. The van der Waals surface area contributed by atoms with Crippen molar-refractivity contribution < 1.29 is 14.6 Å². The molecular formula is C23H30N2O3. The number of benzene rings is 2. The molecule has 1 atom stereocenters. The number of rotatable bonds is 4. The number of nitrogens with one attached hydrogen (secondary N) is 2. The monoisotopic (exact) mass is 382 g/mol. The fourth-order valence-electron chi connectivity index (χ4n) is 3.68. The van der Waals surface area contributed by atoms with Crippen molar-refractivity contribution in [1.29, 1.82) is 0 Å². The molecule has 1 heterocycles. The van der Waals surface area contributed by atoms with E-state index >= 15 is 0 Å². The van der Waals surface area contributed by atoms with E-state index in [9.17, 15) is 9.90 Å². The van der Waals surface area contributed by atoms with E-state index in [1.54, 1.807) is 0 Å². The molecule has 2 aromatic rings. The van der Waals surface area contributed by atoms with Crippen LogP contribution in [0, 0.1) is 6.92 Å². The first-order chi connectivity index (χ1) is 13.3. The van der Waals surface area contributed by atoms with Crippen LogP contribution in [0.2, 0.25) is 0 Å². The zero-order chi connectivity index (χ0) is 20.3. The van der Waals surface area contributed by atoms with Gasteiger partial charge in [-0.3, -0.25) is 0 Å². The van der Waals surface area contributed by atoms with E-state index in [1.807, 2.05) is 45.9 Å². The van der Waals surface area contributed by atoms with Gasteiger partial charge >= 0.3 is 6.09 Å². The number of hydrogen-bond donors (Lipinski definition) is 3. The first kappa shape index (κ1) is 20.4. The van der Waals surface area contributed by atoms with Crippen LogP contribution in [-0.2, 0) is 24.3 Å². The zero-order valence-corrected chi connectivity index (χ0v) is 17.1. The van der Waals surface area contributed by atoms with Gasteiger partial charge < -0.3 is 20.5 Å². The highest BCUT2D eigenvalue weighted by atomic mass is 16.6. The Morgan fingerprint density at radius 3 is 2.68 bits per heavy atom. The van der Waals surface area contributed by atoms with Gasteiger partial charge in [0.2, 0.25) is 0 Å². The molecule has 150 valence electrons. The second-order valence-electron chi connectivity index (χ2n) is 8.33. The topological polar surface area (TPSA) is 70.6 Å². The van der Waals surface area contributed by atoms with Crippen LogP contribution >= 0.6 is 0 Å². The summed E-state index contributed by atoms with van der Waals surface area (Å²) in [6, 6.07) is 12.5. The molecule has 3 N–H and O–H groups in total. The number of aliphatic hydroxyl groups is 1. The van der Waals surface area contributed by atoms with E-state index in [1.165, 1.54) is 11.1 Å². The Balaban J connectivity index is 1.87. The highest BCUT2D eigenvalue weighted by molar-refractivity contribution is 5.67. The molecule has 0 saturated heterocycles. The summed E-state index contributed by atoms with van der Waals surface area (Å²) in [5.74, 6) is 0. The summed E-state index contributed by atoms with van der Waals surface area (Å²) in [6.07, 6.45) is 0.550. The maximum absolute atomic E-state index is 12.1. The molecule has 0 radical (unpaired) electrons. The zero-order valence-electron chi connectivity index (χ0n) is 17.1. The Kier molecular flexibility index (Phi) is 6.06. The summed E-state index contributed by atoms with van der Waals surface area (Å²) in [5.41, 5.74) is 6.25. The Hall–Kier alpha value is -2.37. The van der Waals surface area contributed by atoms with Crippen molar-refractivity contribution in [2.45, 2.75) is 58.9 Å². The number of carbonyl (C=O) groups excluding carboxylic acids is 1. The summed E-state index contributed by atoms with van der Waals surface area (Å²) in [7, 11) is 0. The molecule has 3 rings (SSSR count). The van der Waals surface area contributed by atoms with E-state index in [0.717, 1.165) is 35.2 Å². The van der Waals surface area contributed by atoms with Gasteiger partial charge in [0.1, 0.15) is 5.60 Å². The van der Waals surface area contributed by atoms with Gasteiger partial charge in [-0.05, 0) is 67.5 Å². The molecule has 2 aromatic carbocycles. The molecule has 0 fully saturated rings. The number of fused-ring (bicyclic) bond motifs is 1. The van der Waals surface area contributed by atoms with Crippen molar-refractivity contribution in [3.8, 4) is 0 Å². The highest BCUT2D eigenvalue weighted by Crippen LogP contribution is 2.32. The first-order valence-electron chi connectivity index (χ1n) is 9.79. The molecule has 0 bridgehead atoms. The molecule has 1 amide bonds. The Labute approximate surface area is 167 Å². The van der Waals surface area contributed by atoms with Gasteiger partial charge in [-0.1, -0.05) is 36.4 Å². The molecule has 0 saturated carbocycles. The lowest BCUT2D eigenvalue weighted by Crippen LogP contribution is -2.34. The second-order valence-corrected chi connectivity index (χ2v) is 8.33. The van der Waals surface area contributed by atoms with Gasteiger partial charge in [-0.25, -0.2) is 4.79 Å². The van der Waals surface area contributed by atoms with Gasteiger partial charge in [0, 0.05) is 13.1 Å². The molecule has 1 aliphatic rings. The molecule has 0 aromatic heterocycles. The summed E-state index contributed by atoms with van der Waals surface area (Å²) < 4.78 is 5.35. The van der Waals surface area contributed by atoms with Gasteiger partial charge in [0.05, 0.1) is 12.6 Å². The van der Waals surface area contributed by atoms with Crippen LogP contribution in [0.1, 0.15) is 60.2 Å². The Morgan fingerprint density at radius 1 is 1.21 bits per heavy atom. The Bertz CT molecular complexity index is 855. The standard InChI is InChI=1S/C23H30N2O3/c1-15-11-16-9-10-24-21(20(16)12-18(15)14-26)19-8-6-5-7-17(19)13-25-22(27)28-23(2,3)4/h5-8,11-12,21,24,26H,9-10,13-14H2,1-4H3,(H,25,27). The molecule has 0 spiro atoms. The van der Waals surface area contributed by atoms with Crippen molar-refractivity contribution in [3.05, 3.63) is 69.8 Å². The van der Waals surface area contributed by atoms with Crippen LogP contribution in [0.15, 0.2) is 36.4 Å². The van der Waals surface area contributed by atoms with Crippen LogP contribution in [0.4, 0.5) is 4.79 Å². The van der Waals surface area contributed by atoms with E-state index in [2.05, 4.69) is 28.8 Å². The van der Waals surface area contributed by atoms with Crippen molar-refractivity contribution in [2.24, 2.45) is 0 Å². The van der Waals surface area contributed by atoms with Gasteiger partial charge in [0.25, 0.3) is 0 Å². The number of amides is 1. The van der Waals surface area contributed by atoms with Crippen LogP contribution in [0.25, 0.3) is 0 Å². The molecule has 5 heteroatoms. The molecule has 1 unspecified atom stereocenters. The minimum atomic E-state index is -0.522. The van der Waals surface area contributed by atoms with Crippen molar-refractivity contribution >= 4 is 6.09 Å². The highest BCUT2D eigenvalue weighted by Gasteiger charge is 2.24. The molecule has 28 heavy (non-hydrogen) atoms. The lowest BCUT2D eigenvalue weighted by atomic mass is 9.85. The van der Waals surface area contributed by atoms with E-state index in [-0.39, 0.29) is 12.6 Å². The summed E-state index contributed by atoms with van der Waals surface area (Å²) in [4.78, 5) is 12.1. The van der Waals surface area contributed by atoms with Crippen LogP contribution in [0.5, 0.6) is 0 Å². The minimum Gasteiger partial charge on any atom is -0.444 e. The largest absolute Gasteiger partial charge is 0.444 e. The molecule has 0 aliphatic carbocycles. The fourth-order valence-corrected chi connectivity index (χ4v) is 3.68. The van der Waals surface area contributed by atoms with Crippen molar-refractivity contribution in [3.63, 3.8) is 0 Å². The fraction of sp³-hybridized carbons (Fsp3) is 0.435. The minimum absolute atomic E-state index is 0.0336. The number of alkyl carbamates (subject to hydrolysis) is 1. The SMILES string of the molecule is Cc1cc2c(cc1CO)C(c1ccccc1CNC(=O)OC(C)(C)C)NCC2. The third-order valence-corrected chi connectivity index (χ3v) is 5.01. The van der Waals surface area contributed by atoms with E-state index < -0.39 is 11.7 Å². The predicted octanol–water partition coefficient (Wildman–Crippen LogP) is 3.75. The van der Waals surface area contributed by atoms with Gasteiger partial charge in [-0.2, -0.15) is 0 Å². The number of carbonyl (C=O) groups is 1. The van der Waals surface area contributed by atoms with Crippen LogP contribution < -0.4 is 10.6 Å². The maximum atomic E-state index is 12.1. The quantitative estimate of drug-likeness (QED) is 0.753. The number of aliphatic hydroxyl groups excluding tert-OH is 1. The van der Waals surface area contributed by atoms with Crippen molar-refractivity contribution in [2.75, 3.05) is 6.54 Å². The summed E-state index contributed by atoms with van der Waals surface area (Å²) in [5, 5.41) is 16.2. The first-order valence-corrected chi connectivity index (χ1v) is 9.79. The van der Waals surface area contributed by atoms with Gasteiger partial charge in [0.15, 0.2) is 0 Å². The predicted molar refractivity (Wildman–Crippen MR) is 110 cm³/mol. The van der Waals surface area contributed by atoms with Crippen LogP contribution in [-0.4, -0.2) is 23.3 Å². The smallest absolute Gasteiger partial charge is 0.407 e. The lowest BCUT2D eigenvalue weighted by molar-refractivity contribution is 0.0523. The van der Waals surface area contributed by atoms with Crippen LogP contribution in [0.3, 0.4) is 0 Å². The average molecular weight is 383 g/mol. The van der Waals surface area contributed by atoms with Gasteiger partial charge in [-0.15, -0.1) is 0 Å². The number of hydrogen-bond acceptors (Lipinski definition) is 4. The average Bonchev–Trinajstić information content (AvgIpc) is 2.64. The number of aryl methyl sites for hydroxylation is 1. The second kappa shape index (κ2) is 8.33. The molecule has 5 nitrogen and oxygen atoms in total. The van der Waals surface area contributed by atoms with Crippen molar-refractivity contribution in [1.82, 2.24) is 10.6 Å². The summed E-state index contributed by atoms with van der Waals surface area (Å²) >= 11 is 0. The third kappa shape index (κ3) is 4.72. The summed E-state index contributed by atoms with van der Waals surface area (Å²) in [6.45, 7) is 8.92. The lowest BCUT2D eigenvalue weighted by Gasteiger charge is -2.30. The van der Waals surface area contributed by atoms with E-state index in [4.69, 9.17) is 4.74 Å². The molecular weight excluding hydrogens is 352 g/mol. The van der Waals surface area contributed by atoms with E-state index in [0.29, 0.717) is 6.54 Å². The maximum Gasteiger partial charge on any atom is 0.407 e. The normalized spacial score (nSPS) is 16.4.